The topological polar surface area (TPSA) is 73.1 Å². The Bertz CT molecular complexity index is 942. The van der Waals surface area contributed by atoms with E-state index in [1.165, 1.54) is 11.3 Å². The Hall–Kier alpha value is -2.54. The largest absolute Gasteiger partial charge is 0.497 e. The summed E-state index contributed by atoms with van der Waals surface area (Å²) in [5.74, 6) is 0.371. The van der Waals surface area contributed by atoms with E-state index < -0.39 is 5.97 Å². The van der Waals surface area contributed by atoms with E-state index in [9.17, 15) is 9.90 Å². The number of carbonyl (C=O) groups is 1. The van der Waals surface area contributed by atoms with E-state index >= 15 is 0 Å². The van der Waals surface area contributed by atoms with Crippen molar-refractivity contribution in [2.24, 2.45) is 0 Å². The molecular weight excluding hydrogens is 340 g/mol. The van der Waals surface area contributed by atoms with Crippen molar-refractivity contribution < 1.29 is 19.4 Å². The second kappa shape index (κ2) is 6.76. The molecule has 0 fully saturated rings. The number of ether oxygens (including phenoxy) is 2. The summed E-state index contributed by atoms with van der Waals surface area (Å²) in [5, 5.41) is 9.75. The first-order chi connectivity index (χ1) is 12.0. The van der Waals surface area contributed by atoms with Crippen LogP contribution in [0, 0.1) is 0 Å². The third-order valence-corrected chi connectivity index (χ3v) is 5.33. The van der Waals surface area contributed by atoms with Gasteiger partial charge in [-0.05, 0) is 31.0 Å². The molecule has 7 heteroatoms. The zero-order valence-electron chi connectivity index (χ0n) is 14.6. The van der Waals surface area contributed by atoms with Gasteiger partial charge in [0.25, 0.3) is 0 Å². The number of nitrogens with zero attached hydrogens (tertiary/aromatic N) is 2. The number of benzene rings is 1. The van der Waals surface area contributed by atoms with Gasteiger partial charge in [0.1, 0.15) is 11.5 Å². The second-order valence-corrected chi connectivity index (χ2v) is 6.54. The highest BCUT2D eigenvalue weighted by molar-refractivity contribution is 7.17. The monoisotopic (exact) mass is 360 g/mol. The molecule has 2 heterocycles. The fraction of sp³-hybridized carbons (Fsp3) is 0.333. The predicted octanol–water partition coefficient (Wildman–Crippen LogP) is 3.90. The highest BCUT2D eigenvalue weighted by Gasteiger charge is 2.26. The number of hydrogen-bond acceptors (Lipinski definition) is 5. The van der Waals surface area contributed by atoms with Crippen LogP contribution in [-0.4, -0.2) is 34.7 Å². The van der Waals surface area contributed by atoms with Crippen molar-refractivity contribution in [1.82, 2.24) is 9.38 Å². The Balaban J connectivity index is 2.42. The van der Waals surface area contributed by atoms with Gasteiger partial charge in [0.05, 0.1) is 25.6 Å². The molecule has 0 aliphatic carbocycles. The zero-order valence-corrected chi connectivity index (χ0v) is 15.4. The Kier molecular flexibility index (Phi) is 4.67. The van der Waals surface area contributed by atoms with Crippen LogP contribution in [-0.2, 0) is 12.8 Å². The third-order valence-electron chi connectivity index (χ3n) is 4.14. The molecule has 0 aliphatic heterocycles. The van der Waals surface area contributed by atoms with Gasteiger partial charge < -0.3 is 14.6 Å². The standard InChI is InChI=1S/C18H20N2O4S/c1-5-12-16(17(21)22)20-15(14(6-2)25-18(20)19-12)11-9-10(23-3)7-8-13(11)24-4/h7-9H,5-6H2,1-4H3,(H,21,22). The molecule has 0 saturated heterocycles. The van der Waals surface area contributed by atoms with Gasteiger partial charge in [0, 0.05) is 10.4 Å². The van der Waals surface area contributed by atoms with Crippen molar-refractivity contribution in [3.8, 4) is 22.8 Å². The van der Waals surface area contributed by atoms with Crippen LogP contribution >= 0.6 is 11.3 Å². The summed E-state index contributed by atoms with van der Waals surface area (Å²) in [4.78, 5) is 18.2. The maximum Gasteiger partial charge on any atom is 0.354 e. The molecule has 3 aromatic rings. The van der Waals surface area contributed by atoms with Crippen molar-refractivity contribution in [3.63, 3.8) is 0 Å². The van der Waals surface area contributed by atoms with Crippen LogP contribution in [0.5, 0.6) is 11.5 Å². The molecule has 0 spiro atoms. The van der Waals surface area contributed by atoms with E-state index in [-0.39, 0.29) is 5.69 Å². The lowest BCUT2D eigenvalue weighted by Gasteiger charge is -2.12. The normalized spacial score (nSPS) is 11.0. The van der Waals surface area contributed by atoms with Crippen molar-refractivity contribution in [1.29, 1.82) is 0 Å². The quantitative estimate of drug-likeness (QED) is 0.722. The van der Waals surface area contributed by atoms with Crippen LogP contribution in [0.25, 0.3) is 16.2 Å². The van der Waals surface area contributed by atoms with Crippen LogP contribution in [0.1, 0.15) is 34.9 Å². The summed E-state index contributed by atoms with van der Waals surface area (Å²) in [6, 6.07) is 5.52. The van der Waals surface area contributed by atoms with Gasteiger partial charge >= 0.3 is 5.97 Å². The molecule has 1 N–H and O–H groups in total. The lowest BCUT2D eigenvalue weighted by Crippen LogP contribution is -2.06. The number of imidazole rings is 1. The van der Waals surface area contributed by atoms with Crippen LogP contribution in [0.3, 0.4) is 0 Å². The number of rotatable bonds is 6. The van der Waals surface area contributed by atoms with E-state index in [1.54, 1.807) is 18.6 Å². The minimum Gasteiger partial charge on any atom is -0.497 e. The fourth-order valence-corrected chi connectivity index (χ4v) is 4.07. The second-order valence-electron chi connectivity index (χ2n) is 5.48. The zero-order chi connectivity index (χ0) is 18.1. The Morgan fingerprint density at radius 3 is 2.56 bits per heavy atom. The number of hydrogen-bond donors (Lipinski definition) is 1. The van der Waals surface area contributed by atoms with Crippen LogP contribution in [0.4, 0.5) is 0 Å². The van der Waals surface area contributed by atoms with Gasteiger partial charge in [-0.3, -0.25) is 4.40 Å². The maximum absolute atomic E-state index is 11.9. The lowest BCUT2D eigenvalue weighted by atomic mass is 10.1. The maximum atomic E-state index is 11.9. The number of aryl methyl sites for hydroxylation is 2. The molecule has 25 heavy (non-hydrogen) atoms. The molecule has 0 unspecified atom stereocenters. The molecule has 1 aromatic carbocycles. The lowest BCUT2D eigenvalue weighted by molar-refractivity contribution is 0.0688. The number of carboxylic acids is 1. The van der Waals surface area contributed by atoms with Gasteiger partial charge in [0.2, 0.25) is 0 Å². The minimum atomic E-state index is -0.979. The van der Waals surface area contributed by atoms with E-state index in [1.807, 2.05) is 32.0 Å². The number of aromatic carboxylic acids is 1. The summed E-state index contributed by atoms with van der Waals surface area (Å²) in [5.41, 5.74) is 2.41. The van der Waals surface area contributed by atoms with Gasteiger partial charge in [0.15, 0.2) is 10.7 Å². The summed E-state index contributed by atoms with van der Waals surface area (Å²) in [6.07, 6.45) is 1.33. The molecule has 2 aromatic heterocycles. The molecule has 3 rings (SSSR count). The molecule has 0 aliphatic rings. The van der Waals surface area contributed by atoms with Crippen LogP contribution in [0.2, 0.25) is 0 Å². The molecular formula is C18H20N2O4S. The Labute approximate surface area is 149 Å². The summed E-state index contributed by atoms with van der Waals surface area (Å²) < 4.78 is 12.6. The number of thiazole rings is 1. The van der Waals surface area contributed by atoms with Gasteiger partial charge in [-0.15, -0.1) is 11.3 Å². The molecule has 0 atom stereocenters. The first kappa shape index (κ1) is 17.3. The highest BCUT2D eigenvalue weighted by Crippen LogP contribution is 2.40. The van der Waals surface area contributed by atoms with E-state index in [4.69, 9.17) is 9.47 Å². The van der Waals surface area contributed by atoms with Gasteiger partial charge in [-0.25, -0.2) is 9.78 Å². The Morgan fingerprint density at radius 1 is 1.24 bits per heavy atom. The predicted molar refractivity (Wildman–Crippen MR) is 97.3 cm³/mol. The van der Waals surface area contributed by atoms with Crippen molar-refractivity contribution in [2.75, 3.05) is 14.2 Å². The van der Waals surface area contributed by atoms with Crippen molar-refractivity contribution in [2.45, 2.75) is 26.7 Å². The van der Waals surface area contributed by atoms with Crippen molar-refractivity contribution in [3.05, 3.63) is 34.5 Å². The smallest absolute Gasteiger partial charge is 0.354 e. The molecule has 0 radical (unpaired) electrons. The SMILES string of the molecule is CCc1nc2sc(CC)c(-c3cc(OC)ccc3OC)n2c1C(=O)O. The van der Waals surface area contributed by atoms with Crippen molar-refractivity contribution >= 4 is 22.3 Å². The van der Waals surface area contributed by atoms with E-state index in [0.717, 1.165) is 22.6 Å². The molecule has 0 amide bonds. The summed E-state index contributed by atoms with van der Waals surface area (Å²) in [7, 11) is 3.20. The number of carboxylic acid groups (broad SMARTS) is 1. The summed E-state index contributed by atoms with van der Waals surface area (Å²) >= 11 is 1.51. The molecule has 132 valence electrons. The number of aromatic nitrogens is 2. The van der Waals surface area contributed by atoms with Gasteiger partial charge in [-0.2, -0.15) is 0 Å². The highest BCUT2D eigenvalue weighted by atomic mass is 32.1. The van der Waals surface area contributed by atoms with Gasteiger partial charge in [-0.1, -0.05) is 13.8 Å². The molecule has 0 bridgehead atoms. The first-order valence-corrected chi connectivity index (χ1v) is 8.85. The minimum absolute atomic E-state index is 0.216. The Morgan fingerprint density at radius 2 is 2.00 bits per heavy atom. The van der Waals surface area contributed by atoms with E-state index in [2.05, 4.69) is 4.98 Å². The number of methoxy groups -OCH3 is 2. The third kappa shape index (κ3) is 2.74. The van der Waals surface area contributed by atoms with E-state index in [0.29, 0.717) is 28.6 Å². The number of fused-ring (bicyclic) bond motifs is 1. The van der Waals surface area contributed by atoms with Crippen LogP contribution < -0.4 is 9.47 Å². The first-order valence-electron chi connectivity index (χ1n) is 8.04. The molecule has 6 nitrogen and oxygen atoms in total. The van der Waals surface area contributed by atoms with Crippen LogP contribution in [0.15, 0.2) is 18.2 Å². The molecule has 0 saturated carbocycles. The average molecular weight is 360 g/mol. The average Bonchev–Trinajstić information content (AvgIpc) is 3.15. The summed E-state index contributed by atoms with van der Waals surface area (Å²) in [6.45, 7) is 3.95. The fourth-order valence-electron chi connectivity index (χ4n) is 2.98.